The number of nitrogens with zero attached hydrogens (tertiary/aromatic N) is 1. The fraction of sp³-hybridized carbons (Fsp3) is 0.286. The average Bonchev–Trinajstić information content (AvgIpc) is 2.85. The molecule has 1 aromatic heterocycles. The van der Waals surface area contributed by atoms with Gasteiger partial charge >= 0.3 is 0 Å². The van der Waals surface area contributed by atoms with Gasteiger partial charge in [0.2, 0.25) is 0 Å². The largest absolute Gasteiger partial charge is 0.482 e. The lowest BCUT2D eigenvalue weighted by atomic mass is 10.1. The second-order valence-electron chi connectivity index (χ2n) is 4.88. The minimum Gasteiger partial charge on any atom is -0.482 e. The van der Waals surface area contributed by atoms with Crippen molar-refractivity contribution in [3.63, 3.8) is 0 Å². The zero-order valence-corrected chi connectivity index (χ0v) is 12.1. The molecule has 1 aliphatic heterocycles. The highest BCUT2D eigenvalue weighted by Gasteiger charge is 2.17. The van der Waals surface area contributed by atoms with Crippen LogP contribution in [0.5, 0.6) is 5.75 Å². The van der Waals surface area contributed by atoms with Gasteiger partial charge in [0.25, 0.3) is 5.91 Å². The zero-order valence-electron chi connectivity index (χ0n) is 11.3. The summed E-state index contributed by atoms with van der Waals surface area (Å²) in [5, 5.41) is 8.98. The van der Waals surface area contributed by atoms with Gasteiger partial charge in [-0.3, -0.25) is 4.79 Å². The Bertz CT molecular complexity index is 652. The summed E-state index contributed by atoms with van der Waals surface area (Å²) in [5.74, 6) is 0.569. The van der Waals surface area contributed by atoms with Gasteiger partial charge in [0, 0.05) is 17.0 Å². The van der Waals surface area contributed by atoms with E-state index in [-0.39, 0.29) is 12.5 Å². The minimum atomic E-state index is -0.130. The molecule has 0 unspecified atom stereocenters. The number of fused-ring (bicyclic) bond motifs is 1. The Labute approximate surface area is 121 Å². The Hall–Kier alpha value is -2.08. The van der Waals surface area contributed by atoms with Gasteiger partial charge in [0.05, 0.1) is 11.4 Å². The van der Waals surface area contributed by atoms with E-state index in [9.17, 15) is 4.79 Å². The maximum atomic E-state index is 11.3. The summed E-state index contributed by atoms with van der Waals surface area (Å²) in [4.78, 5) is 15.9. The van der Waals surface area contributed by atoms with Crippen LogP contribution in [-0.4, -0.2) is 23.5 Å². The van der Waals surface area contributed by atoms with Crippen LogP contribution in [0.25, 0.3) is 11.3 Å². The van der Waals surface area contributed by atoms with E-state index in [1.165, 1.54) is 0 Å². The van der Waals surface area contributed by atoms with Crippen molar-refractivity contribution in [2.75, 3.05) is 17.2 Å². The monoisotopic (exact) mass is 289 g/mol. The summed E-state index contributed by atoms with van der Waals surface area (Å²) in [6.45, 7) is 4.23. The van der Waals surface area contributed by atoms with Crippen molar-refractivity contribution in [1.82, 2.24) is 4.98 Å². The fourth-order valence-corrected chi connectivity index (χ4v) is 2.83. The zero-order chi connectivity index (χ0) is 14.1. The maximum absolute atomic E-state index is 11.3. The topological polar surface area (TPSA) is 63.2 Å². The molecular weight excluding hydrogens is 274 g/mol. The number of rotatable bonds is 3. The van der Waals surface area contributed by atoms with Gasteiger partial charge in [-0.05, 0) is 32.0 Å². The summed E-state index contributed by atoms with van der Waals surface area (Å²) < 4.78 is 5.34. The normalized spacial score (nSPS) is 13.7. The van der Waals surface area contributed by atoms with Crippen LogP contribution in [-0.2, 0) is 4.79 Å². The van der Waals surface area contributed by atoms with Crippen LogP contribution in [0.3, 0.4) is 0 Å². The second-order valence-corrected chi connectivity index (χ2v) is 5.74. The molecule has 3 rings (SSSR count). The first-order valence-corrected chi connectivity index (χ1v) is 7.29. The number of amides is 1. The van der Waals surface area contributed by atoms with Crippen LogP contribution in [0.1, 0.15) is 13.8 Å². The Balaban J connectivity index is 1.89. The number of carbonyl (C=O) groups excluding carboxylic acids is 1. The number of hydrogen-bond acceptors (Lipinski definition) is 5. The third-order valence-electron chi connectivity index (χ3n) is 2.82. The number of carbonyl (C=O) groups is 1. The molecule has 6 heteroatoms. The Morgan fingerprint density at radius 1 is 1.45 bits per heavy atom. The molecule has 0 fully saturated rings. The quantitative estimate of drug-likeness (QED) is 0.912. The predicted octanol–water partition coefficient (Wildman–Crippen LogP) is 2.96. The van der Waals surface area contributed by atoms with E-state index in [0.29, 0.717) is 17.5 Å². The molecule has 1 aromatic carbocycles. The number of nitrogens with one attached hydrogen (secondary N) is 2. The summed E-state index contributed by atoms with van der Waals surface area (Å²) in [5.41, 5.74) is 2.55. The van der Waals surface area contributed by atoms with Crippen molar-refractivity contribution in [3.05, 3.63) is 23.6 Å². The van der Waals surface area contributed by atoms with Crippen molar-refractivity contribution in [3.8, 4) is 17.0 Å². The molecule has 104 valence electrons. The van der Waals surface area contributed by atoms with Crippen molar-refractivity contribution in [2.45, 2.75) is 19.9 Å². The van der Waals surface area contributed by atoms with Crippen molar-refractivity contribution in [2.24, 2.45) is 0 Å². The third kappa shape index (κ3) is 2.60. The summed E-state index contributed by atoms with van der Waals surface area (Å²) in [6, 6.07) is 6.05. The van der Waals surface area contributed by atoms with E-state index >= 15 is 0 Å². The SMILES string of the molecule is CC(C)Nc1nc(-c2ccc3c(c2)NC(=O)CO3)cs1. The molecule has 2 aromatic rings. The smallest absolute Gasteiger partial charge is 0.262 e. The molecule has 0 bridgehead atoms. The number of hydrogen-bond donors (Lipinski definition) is 2. The van der Waals surface area contributed by atoms with Crippen LogP contribution < -0.4 is 15.4 Å². The predicted molar refractivity (Wildman–Crippen MR) is 80.4 cm³/mol. The summed E-state index contributed by atoms with van der Waals surface area (Å²) in [7, 11) is 0. The summed E-state index contributed by atoms with van der Waals surface area (Å²) in [6.07, 6.45) is 0. The lowest BCUT2D eigenvalue weighted by molar-refractivity contribution is -0.118. The van der Waals surface area contributed by atoms with Crippen molar-refractivity contribution in [1.29, 1.82) is 0 Å². The highest BCUT2D eigenvalue weighted by Crippen LogP contribution is 2.33. The van der Waals surface area contributed by atoms with Crippen molar-refractivity contribution >= 4 is 28.1 Å². The molecule has 0 saturated carbocycles. The van der Waals surface area contributed by atoms with E-state index in [4.69, 9.17) is 4.74 Å². The first kappa shape index (κ1) is 12.9. The maximum Gasteiger partial charge on any atom is 0.262 e. The van der Waals surface area contributed by atoms with Crippen LogP contribution in [0.4, 0.5) is 10.8 Å². The molecule has 1 aliphatic rings. The van der Waals surface area contributed by atoms with Gasteiger partial charge in [-0.2, -0.15) is 0 Å². The molecule has 2 N–H and O–H groups in total. The van der Waals surface area contributed by atoms with Gasteiger partial charge < -0.3 is 15.4 Å². The lowest BCUT2D eigenvalue weighted by Crippen LogP contribution is -2.25. The molecule has 0 atom stereocenters. The minimum absolute atomic E-state index is 0.0749. The number of anilines is 2. The molecule has 0 saturated heterocycles. The first-order chi connectivity index (χ1) is 9.61. The van der Waals surface area contributed by atoms with Crippen LogP contribution in [0.2, 0.25) is 0 Å². The van der Waals surface area contributed by atoms with Gasteiger partial charge in [-0.25, -0.2) is 4.98 Å². The number of aromatic nitrogens is 1. The van der Waals surface area contributed by atoms with Gasteiger partial charge in [0.1, 0.15) is 5.75 Å². The lowest BCUT2D eigenvalue weighted by Gasteiger charge is -2.18. The molecule has 0 radical (unpaired) electrons. The van der Waals surface area contributed by atoms with Gasteiger partial charge in [-0.1, -0.05) is 0 Å². The highest BCUT2D eigenvalue weighted by molar-refractivity contribution is 7.14. The standard InChI is InChI=1S/C14H15N3O2S/c1-8(2)15-14-17-11(7-20-14)9-3-4-12-10(5-9)16-13(18)6-19-12/h3-5,7-8H,6H2,1-2H3,(H,15,17)(H,16,18). The van der Waals surface area contributed by atoms with Crippen LogP contribution >= 0.6 is 11.3 Å². The molecule has 20 heavy (non-hydrogen) atoms. The Morgan fingerprint density at radius 3 is 3.10 bits per heavy atom. The Kier molecular flexibility index (Phi) is 3.31. The van der Waals surface area contributed by atoms with Crippen LogP contribution in [0, 0.1) is 0 Å². The van der Waals surface area contributed by atoms with Crippen molar-refractivity contribution < 1.29 is 9.53 Å². The number of benzene rings is 1. The molecule has 1 amide bonds. The molecular formula is C14H15N3O2S. The Morgan fingerprint density at radius 2 is 2.30 bits per heavy atom. The fourth-order valence-electron chi connectivity index (χ4n) is 1.96. The molecule has 5 nitrogen and oxygen atoms in total. The highest BCUT2D eigenvalue weighted by atomic mass is 32.1. The molecule has 0 spiro atoms. The van der Waals surface area contributed by atoms with E-state index in [1.807, 2.05) is 23.6 Å². The second kappa shape index (κ2) is 5.13. The molecule has 0 aliphatic carbocycles. The molecule has 2 heterocycles. The van der Waals surface area contributed by atoms with E-state index in [0.717, 1.165) is 16.4 Å². The first-order valence-electron chi connectivity index (χ1n) is 6.41. The van der Waals surface area contributed by atoms with E-state index in [2.05, 4.69) is 29.5 Å². The van der Waals surface area contributed by atoms with Gasteiger partial charge in [0.15, 0.2) is 11.7 Å². The third-order valence-corrected chi connectivity index (χ3v) is 3.60. The average molecular weight is 289 g/mol. The van der Waals surface area contributed by atoms with Crippen LogP contribution in [0.15, 0.2) is 23.6 Å². The van der Waals surface area contributed by atoms with E-state index in [1.54, 1.807) is 11.3 Å². The summed E-state index contributed by atoms with van der Waals surface area (Å²) >= 11 is 1.57. The van der Waals surface area contributed by atoms with Gasteiger partial charge in [-0.15, -0.1) is 11.3 Å². The number of ether oxygens (including phenoxy) is 1. The van der Waals surface area contributed by atoms with E-state index < -0.39 is 0 Å². The number of thiazole rings is 1.